The lowest BCUT2D eigenvalue weighted by Gasteiger charge is -2.30. The van der Waals surface area contributed by atoms with Gasteiger partial charge in [-0.25, -0.2) is 22.2 Å². The molecule has 1 aliphatic rings. The van der Waals surface area contributed by atoms with Crippen molar-refractivity contribution < 1.29 is 26.7 Å². The van der Waals surface area contributed by atoms with Crippen molar-refractivity contribution in [3.05, 3.63) is 71.2 Å². The number of thiazole rings is 1. The van der Waals surface area contributed by atoms with Crippen molar-refractivity contribution in [1.29, 1.82) is 0 Å². The summed E-state index contributed by atoms with van der Waals surface area (Å²) < 4.78 is 58.5. The predicted octanol–water partition coefficient (Wildman–Crippen LogP) is 4.23. The average molecular weight is 479 g/mol. The molecule has 4 rings (SSSR count). The molecule has 0 aliphatic carbocycles. The van der Waals surface area contributed by atoms with Crippen LogP contribution in [0.15, 0.2) is 58.8 Å². The number of carbonyl (C=O) groups is 1. The minimum absolute atomic E-state index is 0.0511. The van der Waals surface area contributed by atoms with Crippen LogP contribution >= 0.6 is 11.3 Å². The molecule has 0 bridgehead atoms. The summed E-state index contributed by atoms with van der Waals surface area (Å²) in [6, 6.07) is 12.2. The number of carbonyl (C=O) groups excluding carboxylic acids is 1. The molecule has 0 saturated carbocycles. The van der Waals surface area contributed by atoms with E-state index in [9.17, 15) is 22.0 Å². The molecule has 32 heavy (non-hydrogen) atoms. The fraction of sp³-hybridized carbons (Fsp3) is 0.273. The highest BCUT2D eigenvalue weighted by molar-refractivity contribution is 7.89. The second kappa shape index (κ2) is 9.43. The summed E-state index contributed by atoms with van der Waals surface area (Å²) in [5, 5.41) is 2.68. The maximum atomic E-state index is 13.4. The first-order chi connectivity index (χ1) is 15.3. The first-order valence-corrected chi connectivity index (χ1v) is 12.3. The van der Waals surface area contributed by atoms with Crippen LogP contribution in [0.5, 0.6) is 0 Å². The number of esters is 1. The highest BCUT2D eigenvalue weighted by atomic mass is 32.2. The SMILES string of the molecule is O=C(OCc1csc(-c2ccccc2)n1)C1CCN(S(=O)(=O)c2ccc(F)c(F)c2)CC1. The van der Waals surface area contributed by atoms with Crippen LogP contribution in [0, 0.1) is 17.6 Å². The van der Waals surface area contributed by atoms with E-state index >= 15 is 0 Å². The molecule has 1 fully saturated rings. The Bertz CT molecular complexity index is 1210. The Hall–Kier alpha value is -2.69. The van der Waals surface area contributed by atoms with Crippen LogP contribution in [0.3, 0.4) is 0 Å². The van der Waals surface area contributed by atoms with E-state index in [1.807, 2.05) is 35.7 Å². The lowest BCUT2D eigenvalue weighted by molar-refractivity contribution is -0.151. The van der Waals surface area contributed by atoms with Gasteiger partial charge in [0, 0.05) is 24.0 Å². The highest BCUT2D eigenvalue weighted by Gasteiger charge is 2.33. The van der Waals surface area contributed by atoms with Gasteiger partial charge in [-0.2, -0.15) is 4.31 Å². The number of sulfonamides is 1. The van der Waals surface area contributed by atoms with Crippen molar-refractivity contribution in [1.82, 2.24) is 9.29 Å². The predicted molar refractivity (Wildman–Crippen MR) is 115 cm³/mol. The van der Waals surface area contributed by atoms with Crippen molar-refractivity contribution in [2.75, 3.05) is 13.1 Å². The fourth-order valence-electron chi connectivity index (χ4n) is 3.47. The molecule has 168 valence electrons. The van der Waals surface area contributed by atoms with Crippen LogP contribution in [0.1, 0.15) is 18.5 Å². The van der Waals surface area contributed by atoms with Gasteiger partial charge in [0.1, 0.15) is 11.6 Å². The number of hydrogen-bond acceptors (Lipinski definition) is 6. The molecule has 2 aromatic carbocycles. The molecule has 1 saturated heterocycles. The van der Waals surface area contributed by atoms with Gasteiger partial charge in [-0.1, -0.05) is 30.3 Å². The van der Waals surface area contributed by atoms with Crippen LogP contribution in [-0.2, 0) is 26.2 Å². The van der Waals surface area contributed by atoms with Crippen molar-refractivity contribution in [2.45, 2.75) is 24.3 Å². The molecule has 3 aromatic rings. The van der Waals surface area contributed by atoms with E-state index in [0.29, 0.717) is 11.8 Å². The molecule has 6 nitrogen and oxygen atoms in total. The zero-order valence-corrected chi connectivity index (χ0v) is 18.5. The Morgan fingerprint density at radius 1 is 1.09 bits per heavy atom. The van der Waals surface area contributed by atoms with Crippen LogP contribution in [0.2, 0.25) is 0 Å². The van der Waals surface area contributed by atoms with Gasteiger partial charge in [0.15, 0.2) is 11.6 Å². The Labute approximate surface area is 188 Å². The third-order valence-electron chi connectivity index (χ3n) is 5.25. The summed E-state index contributed by atoms with van der Waals surface area (Å²) in [6.45, 7) is 0.238. The molecule has 2 heterocycles. The average Bonchev–Trinajstić information content (AvgIpc) is 3.29. The first-order valence-electron chi connectivity index (χ1n) is 9.96. The minimum Gasteiger partial charge on any atom is -0.459 e. The number of piperidine rings is 1. The monoisotopic (exact) mass is 478 g/mol. The van der Waals surface area contributed by atoms with Gasteiger partial charge in [-0.15, -0.1) is 11.3 Å². The molecular weight excluding hydrogens is 458 g/mol. The summed E-state index contributed by atoms with van der Waals surface area (Å²) >= 11 is 1.47. The van der Waals surface area contributed by atoms with E-state index in [-0.39, 0.29) is 37.4 Å². The molecule has 0 radical (unpaired) electrons. The smallest absolute Gasteiger partial charge is 0.309 e. The van der Waals surface area contributed by atoms with E-state index in [1.165, 1.54) is 15.6 Å². The molecule has 0 spiro atoms. The minimum atomic E-state index is -3.96. The maximum absolute atomic E-state index is 13.4. The quantitative estimate of drug-likeness (QED) is 0.496. The molecule has 10 heteroatoms. The first kappa shape index (κ1) is 22.5. The van der Waals surface area contributed by atoms with Gasteiger partial charge >= 0.3 is 5.97 Å². The van der Waals surface area contributed by atoms with Gasteiger partial charge in [0.2, 0.25) is 10.0 Å². The fourth-order valence-corrected chi connectivity index (χ4v) is 5.76. The van der Waals surface area contributed by atoms with Crippen molar-refractivity contribution >= 4 is 27.3 Å². The second-order valence-corrected chi connectivity index (χ2v) is 10.2. The summed E-state index contributed by atoms with van der Waals surface area (Å²) in [5.74, 6) is -3.16. The van der Waals surface area contributed by atoms with Crippen LogP contribution in [0.4, 0.5) is 8.78 Å². The summed E-state index contributed by atoms with van der Waals surface area (Å²) in [7, 11) is -3.96. The number of halogens is 2. The van der Waals surface area contributed by atoms with Gasteiger partial charge in [0.05, 0.1) is 16.5 Å². The molecule has 0 N–H and O–H groups in total. The van der Waals surface area contributed by atoms with Gasteiger partial charge in [0.25, 0.3) is 0 Å². The topological polar surface area (TPSA) is 76.6 Å². The number of nitrogens with zero attached hydrogens (tertiary/aromatic N) is 2. The largest absolute Gasteiger partial charge is 0.459 e. The maximum Gasteiger partial charge on any atom is 0.309 e. The van der Waals surface area contributed by atoms with E-state index in [2.05, 4.69) is 4.98 Å². The van der Waals surface area contributed by atoms with Crippen molar-refractivity contribution in [2.24, 2.45) is 5.92 Å². The molecule has 0 atom stereocenters. The van der Waals surface area contributed by atoms with Crippen LogP contribution in [0.25, 0.3) is 10.6 Å². The Kier molecular flexibility index (Phi) is 6.63. The van der Waals surface area contributed by atoms with Crippen molar-refractivity contribution in [3.63, 3.8) is 0 Å². The van der Waals surface area contributed by atoms with Gasteiger partial charge in [-0.05, 0) is 31.0 Å². The number of hydrogen-bond donors (Lipinski definition) is 0. The zero-order chi connectivity index (χ0) is 22.7. The van der Waals surface area contributed by atoms with Crippen LogP contribution in [-0.4, -0.2) is 36.8 Å². The molecular formula is C22H20F2N2O4S2. The number of aromatic nitrogens is 1. The zero-order valence-electron chi connectivity index (χ0n) is 16.9. The van der Waals surface area contributed by atoms with Gasteiger partial charge < -0.3 is 4.74 Å². The number of benzene rings is 2. The van der Waals surface area contributed by atoms with Crippen molar-refractivity contribution in [3.8, 4) is 10.6 Å². The second-order valence-electron chi connectivity index (χ2n) is 7.37. The molecule has 1 aliphatic heterocycles. The van der Waals surface area contributed by atoms with E-state index in [0.717, 1.165) is 22.7 Å². The highest BCUT2D eigenvalue weighted by Crippen LogP contribution is 2.27. The van der Waals surface area contributed by atoms with E-state index in [4.69, 9.17) is 4.74 Å². The summed E-state index contributed by atoms with van der Waals surface area (Å²) in [4.78, 5) is 16.6. The van der Waals surface area contributed by atoms with E-state index in [1.54, 1.807) is 0 Å². The standard InChI is InChI=1S/C22H20F2N2O4S2/c23-19-7-6-18(12-20(19)24)32(28,29)26-10-8-16(9-11-26)22(27)30-13-17-14-31-21(25-17)15-4-2-1-3-5-15/h1-7,12,14,16H,8-11,13H2. The van der Waals surface area contributed by atoms with Crippen LogP contribution < -0.4 is 0 Å². The van der Waals surface area contributed by atoms with Gasteiger partial charge in [-0.3, -0.25) is 4.79 Å². The summed E-state index contributed by atoms with van der Waals surface area (Å²) in [5.41, 5.74) is 1.64. The third-order valence-corrected chi connectivity index (χ3v) is 8.09. The molecule has 1 aromatic heterocycles. The lowest BCUT2D eigenvalue weighted by atomic mass is 9.98. The normalized spacial score (nSPS) is 15.6. The number of ether oxygens (including phenoxy) is 1. The third kappa shape index (κ3) is 4.87. The number of rotatable bonds is 6. The summed E-state index contributed by atoms with van der Waals surface area (Å²) in [6.07, 6.45) is 0.572. The molecule has 0 amide bonds. The van der Waals surface area contributed by atoms with E-state index < -0.39 is 33.5 Å². The Balaban J connectivity index is 1.31. The Morgan fingerprint density at radius 3 is 2.50 bits per heavy atom. The Morgan fingerprint density at radius 2 is 1.81 bits per heavy atom. The lowest BCUT2D eigenvalue weighted by Crippen LogP contribution is -2.40. The molecule has 0 unspecified atom stereocenters.